The van der Waals surface area contributed by atoms with Gasteiger partial charge in [-0.3, -0.25) is 0 Å². The number of likely N-dealkylation sites (N-methyl/N-ethyl adjacent to an activating group) is 1. The van der Waals surface area contributed by atoms with E-state index in [0.29, 0.717) is 0 Å². The number of hydrogen-bond donors (Lipinski definition) is 1. The zero-order valence-electron chi connectivity index (χ0n) is 11.2. The number of benzene rings is 1. The van der Waals surface area contributed by atoms with Gasteiger partial charge in [0.2, 0.25) is 0 Å². The van der Waals surface area contributed by atoms with E-state index in [-0.39, 0.29) is 29.5 Å². The number of halogens is 6. The van der Waals surface area contributed by atoms with Crippen LogP contribution in [0.3, 0.4) is 0 Å². The minimum Gasteiger partial charge on any atom is -0.372 e. The lowest BCUT2D eigenvalue weighted by Gasteiger charge is -2.18. The lowest BCUT2D eigenvalue weighted by atomic mass is 10.0. The summed E-state index contributed by atoms with van der Waals surface area (Å²) in [5.41, 5.74) is -0.112. The molecule has 0 aliphatic rings. The summed E-state index contributed by atoms with van der Waals surface area (Å²) in [5, 5.41) is 2.81. The van der Waals surface area contributed by atoms with Crippen molar-refractivity contribution in [3.8, 4) is 0 Å². The molecule has 0 aromatic heterocycles. The summed E-state index contributed by atoms with van der Waals surface area (Å²) in [6.07, 6.45) is -4.15. The normalized spacial score (nSPS) is 13.5. The van der Waals surface area contributed by atoms with E-state index < -0.39 is 30.5 Å². The van der Waals surface area contributed by atoms with Crippen LogP contribution < -0.4 is 5.32 Å². The second-order valence-electron chi connectivity index (χ2n) is 4.47. The fourth-order valence-electron chi connectivity index (χ4n) is 1.76. The highest BCUT2D eigenvalue weighted by Crippen LogP contribution is 2.23. The van der Waals surface area contributed by atoms with Gasteiger partial charge in [0.1, 0.15) is 18.2 Å². The molecule has 0 heterocycles. The molecule has 0 saturated heterocycles. The summed E-state index contributed by atoms with van der Waals surface area (Å²) in [7, 11) is 1.57. The second-order valence-corrected chi connectivity index (χ2v) is 5.32. The third-order valence-electron chi connectivity index (χ3n) is 2.87. The molecule has 1 N–H and O–H groups in total. The van der Waals surface area contributed by atoms with Crippen LogP contribution in [0.4, 0.5) is 22.0 Å². The largest absolute Gasteiger partial charge is 0.411 e. The van der Waals surface area contributed by atoms with Crippen molar-refractivity contribution in [2.75, 3.05) is 20.3 Å². The Balaban J connectivity index is 2.57. The Morgan fingerprint density at radius 1 is 1.29 bits per heavy atom. The third-order valence-corrected chi connectivity index (χ3v) is 3.49. The average molecular weight is 376 g/mol. The van der Waals surface area contributed by atoms with Crippen molar-refractivity contribution in [1.29, 1.82) is 0 Å². The van der Waals surface area contributed by atoms with E-state index in [9.17, 15) is 22.0 Å². The van der Waals surface area contributed by atoms with Gasteiger partial charge in [0, 0.05) is 18.2 Å². The number of ether oxygens (including phenoxy) is 1. The number of hydrogen-bond acceptors (Lipinski definition) is 2. The van der Waals surface area contributed by atoms with Gasteiger partial charge in [-0.15, -0.1) is 0 Å². The first-order valence-electron chi connectivity index (χ1n) is 6.18. The zero-order chi connectivity index (χ0) is 16.0. The highest BCUT2D eigenvalue weighted by atomic mass is 79.9. The van der Waals surface area contributed by atoms with Crippen molar-refractivity contribution in [3.05, 3.63) is 33.8 Å². The summed E-state index contributed by atoms with van der Waals surface area (Å²) in [4.78, 5) is 0. The average Bonchev–Trinajstić information content (AvgIpc) is 2.40. The van der Waals surface area contributed by atoms with Crippen LogP contribution in [-0.2, 0) is 11.2 Å². The second kappa shape index (κ2) is 8.05. The first kappa shape index (κ1) is 18.3. The molecular weight excluding hydrogens is 361 g/mol. The van der Waals surface area contributed by atoms with E-state index in [1.807, 2.05) is 0 Å². The van der Waals surface area contributed by atoms with Crippen LogP contribution in [0.5, 0.6) is 0 Å². The van der Waals surface area contributed by atoms with Gasteiger partial charge in [-0.2, -0.15) is 13.2 Å². The Labute approximate surface area is 127 Å². The summed E-state index contributed by atoms with van der Waals surface area (Å²) in [5.74, 6) is -1.39. The molecule has 120 valence electrons. The van der Waals surface area contributed by atoms with Crippen molar-refractivity contribution in [2.24, 2.45) is 0 Å². The van der Waals surface area contributed by atoms with E-state index in [1.54, 1.807) is 7.05 Å². The quantitative estimate of drug-likeness (QED) is 0.444. The number of nitrogens with one attached hydrogen (secondary N) is 1. The summed E-state index contributed by atoms with van der Waals surface area (Å²) in [6, 6.07) is 2.00. The van der Waals surface area contributed by atoms with Gasteiger partial charge in [0.05, 0.1) is 4.47 Å². The van der Waals surface area contributed by atoms with Crippen LogP contribution in [-0.4, -0.2) is 32.5 Å². The Bertz CT molecular complexity index is 467. The molecule has 1 unspecified atom stereocenters. The Morgan fingerprint density at radius 3 is 2.52 bits per heavy atom. The van der Waals surface area contributed by atoms with Crippen molar-refractivity contribution < 1.29 is 26.7 Å². The van der Waals surface area contributed by atoms with E-state index in [1.165, 1.54) is 6.07 Å². The summed E-state index contributed by atoms with van der Waals surface area (Å²) >= 11 is 2.97. The first-order chi connectivity index (χ1) is 9.74. The molecule has 1 aromatic rings. The highest BCUT2D eigenvalue weighted by molar-refractivity contribution is 9.10. The van der Waals surface area contributed by atoms with Gasteiger partial charge in [-0.05, 0) is 48.0 Å². The van der Waals surface area contributed by atoms with Crippen LogP contribution in [0.1, 0.15) is 12.0 Å². The predicted octanol–water partition coefficient (Wildman–Crippen LogP) is 3.83. The van der Waals surface area contributed by atoms with Crippen LogP contribution >= 0.6 is 15.9 Å². The SMILES string of the molecule is CNC(CCOCC(F)(F)F)Cc1c(F)ccc(Br)c1F. The summed E-state index contributed by atoms with van der Waals surface area (Å²) in [6.45, 7) is -1.48. The molecule has 21 heavy (non-hydrogen) atoms. The molecule has 1 aromatic carbocycles. The third kappa shape index (κ3) is 6.27. The first-order valence-corrected chi connectivity index (χ1v) is 6.98. The molecule has 0 aliphatic carbocycles. The molecule has 2 nitrogen and oxygen atoms in total. The molecule has 0 saturated carbocycles. The Hall–Kier alpha value is -0.730. The molecule has 0 aliphatic heterocycles. The maximum absolute atomic E-state index is 13.8. The van der Waals surface area contributed by atoms with Gasteiger partial charge in [-0.25, -0.2) is 8.78 Å². The molecule has 1 atom stereocenters. The van der Waals surface area contributed by atoms with E-state index in [0.717, 1.165) is 6.07 Å². The van der Waals surface area contributed by atoms with Gasteiger partial charge >= 0.3 is 6.18 Å². The molecule has 0 radical (unpaired) electrons. The standard InChI is InChI=1S/C13H15BrF5NO/c1-20-8(4-5-21-7-13(17,18)19)6-9-11(15)3-2-10(14)12(9)16/h2-3,8,20H,4-7H2,1H3. The monoisotopic (exact) mass is 375 g/mol. The zero-order valence-corrected chi connectivity index (χ0v) is 12.8. The molecule has 0 fully saturated rings. The van der Waals surface area contributed by atoms with Crippen LogP contribution in [0.2, 0.25) is 0 Å². The molecule has 0 bridgehead atoms. The maximum Gasteiger partial charge on any atom is 0.411 e. The van der Waals surface area contributed by atoms with Gasteiger partial charge < -0.3 is 10.1 Å². The fraction of sp³-hybridized carbons (Fsp3) is 0.538. The predicted molar refractivity (Wildman–Crippen MR) is 72.1 cm³/mol. The minimum atomic E-state index is -4.38. The van der Waals surface area contributed by atoms with E-state index >= 15 is 0 Å². The van der Waals surface area contributed by atoms with Crippen LogP contribution in [0.25, 0.3) is 0 Å². The van der Waals surface area contributed by atoms with Gasteiger partial charge in [-0.1, -0.05) is 0 Å². The van der Waals surface area contributed by atoms with E-state index in [4.69, 9.17) is 0 Å². The summed E-state index contributed by atoms with van der Waals surface area (Å²) < 4.78 is 67.8. The Morgan fingerprint density at radius 2 is 1.95 bits per heavy atom. The van der Waals surface area contributed by atoms with Crippen LogP contribution in [0, 0.1) is 11.6 Å². The van der Waals surface area contributed by atoms with Crippen molar-refractivity contribution >= 4 is 15.9 Å². The van der Waals surface area contributed by atoms with Crippen molar-refractivity contribution in [3.63, 3.8) is 0 Å². The smallest absolute Gasteiger partial charge is 0.372 e. The van der Waals surface area contributed by atoms with Crippen LogP contribution in [0.15, 0.2) is 16.6 Å². The molecule has 1 rings (SSSR count). The van der Waals surface area contributed by atoms with Gasteiger partial charge in [0.15, 0.2) is 0 Å². The van der Waals surface area contributed by atoms with Crippen molar-refractivity contribution in [2.45, 2.75) is 25.1 Å². The topological polar surface area (TPSA) is 21.3 Å². The van der Waals surface area contributed by atoms with Crippen molar-refractivity contribution in [1.82, 2.24) is 5.32 Å². The molecule has 0 amide bonds. The lowest BCUT2D eigenvalue weighted by molar-refractivity contribution is -0.174. The lowest BCUT2D eigenvalue weighted by Crippen LogP contribution is -2.30. The highest BCUT2D eigenvalue weighted by Gasteiger charge is 2.27. The molecular formula is C13H15BrF5NO. The minimum absolute atomic E-state index is 0.0168. The number of rotatable bonds is 7. The molecule has 8 heteroatoms. The number of alkyl halides is 3. The fourth-order valence-corrected chi connectivity index (χ4v) is 2.14. The van der Waals surface area contributed by atoms with Gasteiger partial charge in [0.25, 0.3) is 0 Å². The Kier molecular flexibility index (Phi) is 7.02. The maximum atomic E-state index is 13.8. The molecule has 0 spiro atoms. The van der Waals surface area contributed by atoms with E-state index in [2.05, 4.69) is 26.0 Å².